The number of nitrogens with zero attached hydrogens (tertiary/aromatic N) is 1. The summed E-state index contributed by atoms with van der Waals surface area (Å²) in [7, 11) is 0. The lowest BCUT2D eigenvalue weighted by molar-refractivity contribution is 0.215. The summed E-state index contributed by atoms with van der Waals surface area (Å²) in [5, 5.41) is 9.81. The molecule has 1 aromatic heterocycles. The van der Waals surface area contributed by atoms with Crippen LogP contribution in [0.3, 0.4) is 0 Å². The maximum atomic E-state index is 11.9. The summed E-state index contributed by atoms with van der Waals surface area (Å²) in [5.74, 6) is 1.52. The van der Waals surface area contributed by atoms with Crippen LogP contribution in [0, 0.1) is 25.2 Å². The van der Waals surface area contributed by atoms with Crippen molar-refractivity contribution in [3.05, 3.63) is 17.0 Å². The van der Waals surface area contributed by atoms with Gasteiger partial charge in [0.15, 0.2) is 0 Å². The number of aryl methyl sites for hydroxylation is 2. The summed E-state index contributed by atoms with van der Waals surface area (Å²) in [4.78, 5) is 11.9. The number of aromatic nitrogens is 1. The van der Waals surface area contributed by atoms with Gasteiger partial charge in [0.2, 0.25) is 0 Å². The first-order valence-electron chi connectivity index (χ1n) is 7.59. The van der Waals surface area contributed by atoms with Crippen molar-refractivity contribution in [2.75, 3.05) is 13.1 Å². The minimum Gasteiger partial charge on any atom is -0.361 e. The van der Waals surface area contributed by atoms with E-state index in [0.29, 0.717) is 19.0 Å². The minimum absolute atomic E-state index is 0.0879. The predicted octanol–water partition coefficient (Wildman–Crippen LogP) is 3.38. The van der Waals surface area contributed by atoms with Gasteiger partial charge in [0.05, 0.1) is 5.69 Å². The highest BCUT2D eigenvalue weighted by molar-refractivity contribution is 5.73. The van der Waals surface area contributed by atoms with Gasteiger partial charge in [0.25, 0.3) is 0 Å². The van der Waals surface area contributed by atoms with Crippen LogP contribution in [0.15, 0.2) is 4.52 Å². The van der Waals surface area contributed by atoms with Crippen LogP contribution in [-0.2, 0) is 0 Å². The molecule has 1 rings (SSSR count). The molecule has 0 aliphatic carbocycles. The molecule has 21 heavy (non-hydrogen) atoms. The van der Waals surface area contributed by atoms with Crippen molar-refractivity contribution in [1.82, 2.24) is 15.8 Å². The summed E-state index contributed by atoms with van der Waals surface area (Å²) in [6.45, 7) is 15.8. The molecule has 2 N–H and O–H groups in total. The molecule has 0 radical (unpaired) electrons. The molecule has 120 valence electrons. The summed E-state index contributed by atoms with van der Waals surface area (Å²) in [6.07, 6.45) is 0. The van der Waals surface area contributed by atoms with E-state index in [1.54, 1.807) is 0 Å². The lowest BCUT2D eigenvalue weighted by Crippen LogP contribution is -2.43. The number of carbonyl (C=O) groups is 1. The van der Waals surface area contributed by atoms with Crippen molar-refractivity contribution in [3.8, 4) is 0 Å². The van der Waals surface area contributed by atoms with Crippen molar-refractivity contribution in [3.63, 3.8) is 0 Å². The van der Waals surface area contributed by atoms with Crippen LogP contribution >= 0.6 is 0 Å². The van der Waals surface area contributed by atoms with E-state index in [1.165, 1.54) is 0 Å². The highest BCUT2D eigenvalue weighted by Crippen LogP contribution is 2.24. The van der Waals surface area contributed by atoms with Crippen molar-refractivity contribution < 1.29 is 9.32 Å². The van der Waals surface area contributed by atoms with Gasteiger partial charge >= 0.3 is 6.03 Å². The van der Waals surface area contributed by atoms with Gasteiger partial charge in [-0.3, -0.25) is 0 Å². The smallest absolute Gasteiger partial charge is 0.314 e. The topological polar surface area (TPSA) is 67.2 Å². The molecule has 0 saturated carbocycles. The van der Waals surface area contributed by atoms with Gasteiger partial charge in [0, 0.05) is 24.6 Å². The third-order valence-electron chi connectivity index (χ3n) is 4.42. The number of nitrogens with one attached hydrogen (secondary N) is 2. The first kappa shape index (κ1) is 17.5. The molecule has 0 fully saturated rings. The zero-order valence-electron chi connectivity index (χ0n) is 14.3. The van der Waals surface area contributed by atoms with Gasteiger partial charge in [-0.05, 0) is 25.2 Å². The first-order chi connectivity index (χ1) is 9.65. The van der Waals surface area contributed by atoms with E-state index < -0.39 is 0 Å². The standard InChI is InChI=1S/C16H29N3O2/c1-10(2)16(6,7)9-18-15(20)17-8-11(3)14-12(4)19-21-13(14)5/h10-11H,8-9H2,1-7H3,(H2,17,18,20)/t11-/m0/s1. The van der Waals surface area contributed by atoms with Crippen LogP contribution in [0.5, 0.6) is 0 Å². The van der Waals surface area contributed by atoms with Crippen LogP contribution in [0.2, 0.25) is 0 Å². The normalized spacial score (nSPS) is 13.3. The fourth-order valence-electron chi connectivity index (χ4n) is 2.12. The molecule has 1 atom stereocenters. The second-order valence-corrected chi connectivity index (χ2v) is 6.85. The molecule has 0 aliphatic rings. The molecule has 0 bridgehead atoms. The third kappa shape index (κ3) is 4.76. The maximum Gasteiger partial charge on any atom is 0.314 e. The van der Waals surface area contributed by atoms with Crippen LogP contribution in [0.1, 0.15) is 57.6 Å². The van der Waals surface area contributed by atoms with Crippen LogP contribution < -0.4 is 10.6 Å². The highest BCUT2D eigenvalue weighted by Gasteiger charge is 2.23. The molecule has 1 aromatic rings. The van der Waals surface area contributed by atoms with E-state index >= 15 is 0 Å². The lowest BCUT2D eigenvalue weighted by atomic mass is 9.81. The van der Waals surface area contributed by atoms with E-state index in [-0.39, 0.29) is 17.4 Å². The fraction of sp³-hybridized carbons (Fsp3) is 0.750. The summed E-state index contributed by atoms with van der Waals surface area (Å²) >= 11 is 0. The number of hydrogen-bond donors (Lipinski definition) is 2. The summed E-state index contributed by atoms with van der Waals surface area (Å²) < 4.78 is 5.16. The fourth-order valence-corrected chi connectivity index (χ4v) is 2.12. The quantitative estimate of drug-likeness (QED) is 0.845. The second kappa shape index (κ2) is 6.96. The monoisotopic (exact) mass is 295 g/mol. The Morgan fingerprint density at radius 1 is 1.24 bits per heavy atom. The molecule has 5 nitrogen and oxygen atoms in total. The van der Waals surface area contributed by atoms with E-state index in [0.717, 1.165) is 17.0 Å². The van der Waals surface area contributed by atoms with E-state index in [2.05, 4.69) is 50.4 Å². The Morgan fingerprint density at radius 3 is 2.33 bits per heavy atom. The number of amides is 2. The van der Waals surface area contributed by atoms with E-state index in [4.69, 9.17) is 4.52 Å². The number of hydrogen-bond acceptors (Lipinski definition) is 3. The van der Waals surface area contributed by atoms with Crippen LogP contribution in [0.25, 0.3) is 0 Å². The lowest BCUT2D eigenvalue weighted by Gasteiger charge is -2.29. The number of rotatable bonds is 6. The van der Waals surface area contributed by atoms with E-state index in [9.17, 15) is 4.79 Å². The molecule has 0 spiro atoms. The Labute approximate surface area is 127 Å². The molecule has 1 heterocycles. The molecule has 0 aromatic carbocycles. The molecule has 5 heteroatoms. The first-order valence-corrected chi connectivity index (χ1v) is 7.59. The van der Waals surface area contributed by atoms with Gasteiger partial charge < -0.3 is 15.2 Å². The van der Waals surface area contributed by atoms with Crippen molar-refractivity contribution in [2.45, 2.75) is 54.4 Å². The maximum absolute atomic E-state index is 11.9. The van der Waals surface area contributed by atoms with Crippen LogP contribution in [0.4, 0.5) is 4.79 Å². The van der Waals surface area contributed by atoms with Gasteiger partial charge in [0.1, 0.15) is 5.76 Å². The van der Waals surface area contributed by atoms with Gasteiger partial charge in [-0.25, -0.2) is 4.79 Å². The Morgan fingerprint density at radius 2 is 1.86 bits per heavy atom. The second-order valence-electron chi connectivity index (χ2n) is 6.85. The molecule has 2 amide bonds. The van der Waals surface area contributed by atoms with Gasteiger partial charge in [-0.1, -0.05) is 39.8 Å². The van der Waals surface area contributed by atoms with Gasteiger partial charge in [-0.15, -0.1) is 0 Å². The minimum atomic E-state index is -0.123. The Hall–Kier alpha value is -1.52. The van der Waals surface area contributed by atoms with E-state index in [1.807, 2.05) is 13.8 Å². The largest absolute Gasteiger partial charge is 0.361 e. The van der Waals surface area contributed by atoms with Crippen molar-refractivity contribution >= 4 is 6.03 Å². The average molecular weight is 295 g/mol. The number of urea groups is 1. The zero-order chi connectivity index (χ0) is 16.2. The SMILES string of the molecule is Cc1noc(C)c1[C@@H](C)CNC(=O)NCC(C)(C)C(C)C. The molecular formula is C16H29N3O2. The number of carbonyl (C=O) groups excluding carboxylic acids is 1. The van der Waals surface area contributed by atoms with Crippen LogP contribution in [-0.4, -0.2) is 24.3 Å². The third-order valence-corrected chi connectivity index (χ3v) is 4.42. The summed E-state index contributed by atoms with van der Waals surface area (Å²) in [5.41, 5.74) is 2.06. The van der Waals surface area contributed by atoms with Crippen molar-refractivity contribution in [1.29, 1.82) is 0 Å². The van der Waals surface area contributed by atoms with Gasteiger partial charge in [-0.2, -0.15) is 0 Å². The van der Waals surface area contributed by atoms with Crippen molar-refractivity contribution in [2.24, 2.45) is 11.3 Å². The summed E-state index contributed by atoms with van der Waals surface area (Å²) in [6, 6.07) is -0.123. The Kier molecular flexibility index (Phi) is 5.81. The molecule has 0 saturated heterocycles. The molecule has 0 aliphatic heterocycles. The molecular weight excluding hydrogens is 266 g/mol. The molecule has 0 unspecified atom stereocenters. The predicted molar refractivity (Wildman–Crippen MR) is 84.4 cm³/mol. The Bertz CT molecular complexity index is 458. The zero-order valence-corrected chi connectivity index (χ0v) is 14.3. The average Bonchev–Trinajstić information content (AvgIpc) is 2.73. The Balaban J connectivity index is 2.44. The highest BCUT2D eigenvalue weighted by atomic mass is 16.5.